The highest BCUT2D eigenvalue weighted by atomic mass is 19.4. The first-order chi connectivity index (χ1) is 15.2. The maximum Gasteiger partial charge on any atom is 0.400 e. The second-order valence-electron chi connectivity index (χ2n) is 8.05. The van der Waals surface area contributed by atoms with Gasteiger partial charge in [0.25, 0.3) is 0 Å². The molecule has 0 amide bonds. The Morgan fingerprint density at radius 2 is 1.28 bits per heavy atom. The Morgan fingerprint density at radius 1 is 0.844 bits per heavy atom. The van der Waals surface area contributed by atoms with E-state index in [0.717, 1.165) is 13.1 Å². The lowest BCUT2D eigenvalue weighted by Crippen LogP contribution is -2.59. The van der Waals surface area contributed by atoms with Crippen LogP contribution < -0.4 is 5.32 Å². The van der Waals surface area contributed by atoms with Crippen LogP contribution in [0.3, 0.4) is 0 Å². The molecule has 0 radical (unpaired) electrons. The van der Waals surface area contributed by atoms with E-state index in [9.17, 15) is 23.1 Å². The molecule has 0 saturated carbocycles. The highest BCUT2D eigenvalue weighted by Gasteiger charge is 2.67. The molecule has 2 N–H and O–H groups in total. The topological polar surface area (TPSA) is 49.3 Å². The van der Waals surface area contributed by atoms with Crippen molar-refractivity contribution in [3.05, 3.63) is 119 Å². The van der Waals surface area contributed by atoms with Crippen molar-refractivity contribution in [3.63, 3.8) is 0 Å². The Hall–Kier alpha value is -3.38. The van der Waals surface area contributed by atoms with E-state index in [2.05, 4.69) is 5.32 Å². The molecular weight excluding hydrogens is 415 g/mol. The zero-order valence-electron chi connectivity index (χ0n) is 17.3. The van der Waals surface area contributed by atoms with Crippen LogP contribution in [0.15, 0.2) is 103 Å². The van der Waals surface area contributed by atoms with Crippen LogP contribution >= 0.6 is 0 Å². The Kier molecular flexibility index (Phi) is 5.42. The number of hydrogen-bond acceptors (Lipinski definition) is 3. The van der Waals surface area contributed by atoms with Crippen LogP contribution in [-0.4, -0.2) is 23.1 Å². The van der Waals surface area contributed by atoms with Crippen LogP contribution in [0.2, 0.25) is 0 Å². The number of carbonyl (C=O) groups is 1. The van der Waals surface area contributed by atoms with Crippen LogP contribution in [0, 0.1) is 5.41 Å². The fourth-order valence-electron chi connectivity index (χ4n) is 4.42. The molecule has 1 aliphatic rings. The van der Waals surface area contributed by atoms with Gasteiger partial charge in [0, 0.05) is 17.3 Å². The monoisotopic (exact) mass is 437 g/mol. The fraction of sp³-hybridized carbons (Fsp3) is 0.192. The molecule has 3 aromatic carbocycles. The first-order valence-electron chi connectivity index (χ1n) is 10.2. The van der Waals surface area contributed by atoms with Crippen LogP contribution in [0.1, 0.15) is 28.4 Å². The van der Waals surface area contributed by atoms with Crippen molar-refractivity contribution in [1.82, 2.24) is 5.32 Å². The van der Waals surface area contributed by atoms with Crippen molar-refractivity contribution in [2.24, 2.45) is 5.41 Å². The van der Waals surface area contributed by atoms with E-state index in [1.165, 1.54) is 12.1 Å². The lowest BCUT2D eigenvalue weighted by Gasteiger charge is -2.45. The third kappa shape index (κ3) is 3.31. The largest absolute Gasteiger partial charge is 0.400 e. The molecule has 0 spiro atoms. The van der Waals surface area contributed by atoms with E-state index in [4.69, 9.17) is 0 Å². The molecule has 0 aliphatic carbocycles. The average molecular weight is 437 g/mol. The summed E-state index contributed by atoms with van der Waals surface area (Å²) in [5.74, 6) is -0.733. The van der Waals surface area contributed by atoms with Gasteiger partial charge in [0.2, 0.25) is 0 Å². The Bertz CT molecular complexity index is 1090. The quantitative estimate of drug-likeness (QED) is 0.538. The molecule has 0 fully saturated rings. The molecule has 2 atom stereocenters. The molecule has 0 aromatic heterocycles. The predicted octanol–water partition coefficient (Wildman–Crippen LogP) is 5.23. The van der Waals surface area contributed by atoms with Crippen molar-refractivity contribution in [3.8, 4) is 0 Å². The second kappa shape index (κ2) is 7.95. The van der Waals surface area contributed by atoms with Gasteiger partial charge in [-0.05, 0) is 18.1 Å². The van der Waals surface area contributed by atoms with Crippen molar-refractivity contribution in [2.45, 2.75) is 24.7 Å². The van der Waals surface area contributed by atoms with Gasteiger partial charge in [0.05, 0.1) is 6.04 Å². The van der Waals surface area contributed by atoms with Gasteiger partial charge in [-0.1, -0.05) is 91.0 Å². The lowest BCUT2D eigenvalue weighted by atomic mass is 9.65. The number of ketones is 1. The first kappa shape index (κ1) is 21.8. The smallest absolute Gasteiger partial charge is 0.383 e. The summed E-state index contributed by atoms with van der Waals surface area (Å²) in [5, 5.41) is 14.8. The summed E-state index contributed by atoms with van der Waals surface area (Å²) in [6.45, 7) is 0.973. The molecule has 3 nitrogen and oxygen atoms in total. The zero-order chi connectivity index (χ0) is 23.0. The molecule has 0 saturated heterocycles. The molecule has 1 aliphatic heterocycles. The number of aliphatic hydroxyl groups is 1. The number of hydrogen-bond donors (Lipinski definition) is 2. The van der Waals surface area contributed by atoms with Gasteiger partial charge < -0.3 is 10.4 Å². The molecule has 0 unspecified atom stereocenters. The summed E-state index contributed by atoms with van der Waals surface area (Å²) in [6.07, 6.45) is -3.72. The zero-order valence-corrected chi connectivity index (χ0v) is 17.3. The number of nitrogens with one attached hydrogen (secondary N) is 1. The van der Waals surface area contributed by atoms with Gasteiger partial charge in [0.1, 0.15) is 11.0 Å². The number of carbonyl (C=O) groups excluding carboxylic acids is 1. The molecule has 4 rings (SSSR count). The average Bonchev–Trinajstić information content (AvgIpc) is 3.18. The number of halogens is 3. The highest BCUT2D eigenvalue weighted by Crippen LogP contribution is 2.55. The van der Waals surface area contributed by atoms with E-state index in [1.807, 2.05) is 0 Å². The number of rotatable bonds is 5. The van der Waals surface area contributed by atoms with Crippen molar-refractivity contribution in [1.29, 1.82) is 0 Å². The number of benzene rings is 3. The van der Waals surface area contributed by atoms with Gasteiger partial charge in [-0.25, -0.2) is 0 Å². The van der Waals surface area contributed by atoms with E-state index < -0.39 is 34.6 Å². The van der Waals surface area contributed by atoms with Gasteiger partial charge in [0.15, 0.2) is 5.78 Å². The number of alkyl halides is 3. The van der Waals surface area contributed by atoms with E-state index in [0.29, 0.717) is 11.1 Å². The van der Waals surface area contributed by atoms with Crippen LogP contribution in [0.4, 0.5) is 13.2 Å². The molecule has 0 bridgehead atoms. The van der Waals surface area contributed by atoms with Crippen LogP contribution in [0.5, 0.6) is 0 Å². The normalized spacial score (nSPS) is 21.0. The third-order valence-corrected chi connectivity index (χ3v) is 6.25. The molecule has 32 heavy (non-hydrogen) atoms. The van der Waals surface area contributed by atoms with Crippen molar-refractivity contribution in [2.75, 3.05) is 0 Å². The predicted molar refractivity (Wildman–Crippen MR) is 116 cm³/mol. The Morgan fingerprint density at radius 3 is 1.72 bits per heavy atom. The maximum absolute atomic E-state index is 14.7. The Balaban J connectivity index is 1.90. The second-order valence-corrected chi connectivity index (χ2v) is 8.05. The van der Waals surface area contributed by atoms with Crippen LogP contribution in [0.25, 0.3) is 0 Å². The summed E-state index contributed by atoms with van der Waals surface area (Å²) >= 11 is 0. The van der Waals surface area contributed by atoms with Crippen molar-refractivity contribution >= 4 is 5.78 Å². The fourth-order valence-corrected chi connectivity index (χ4v) is 4.42. The Labute approximate surface area is 184 Å². The molecule has 3 aromatic rings. The summed E-state index contributed by atoms with van der Waals surface area (Å²) in [7, 11) is 0. The van der Waals surface area contributed by atoms with E-state index >= 15 is 0 Å². The van der Waals surface area contributed by atoms with E-state index in [-0.39, 0.29) is 5.56 Å². The minimum Gasteiger partial charge on any atom is -0.383 e. The minimum atomic E-state index is -4.82. The van der Waals surface area contributed by atoms with Gasteiger partial charge in [-0.15, -0.1) is 0 Å². The maximum atomic E-state index is 14.7. The van der Waals surface area contributed by atoms with Gasteiger partial charge in [-0.3, -0.25) is 4.79 Å². The van der Waals surface area contributed by atoms with Gasteiger partial charge >= 0.3 is 6.18 Å². The summed E-state index contributed by atoms with van der Waals surface area (Å²) in [6, 6.07) is 22.7. The summed E-state index contributed by atoms with van der Waals surface area (Å²) < 4.78 is 44.2. The van der Waals surface area contributed by atoms with Crippen molar-refractivity contribution < 1.29 is 23.1 Å². The first-order valence-corrected chi connectivity index (χ1v) is 10.2. The lowest BCUT2D eigenvalue weighted by molar-refractivity contribution is -0.222. The van der Waals surface area contributed by atoms with Crippen LogP contribution in [-0.2, 0) is 5.60 Å². The summed E-state index contributed by atoms with van der Waals surface area (Å²) in [4.78, 5) is 13.2. The summed E-state index contributed by atoms with van der Waals surface area (Å²) in [5.41, 5.74) is -4.43. The SMILES string of the molecule is C[C@]1(C(F)(F)F)C(C(=O)c2ccccc2)=CN[C@@H]1C(O)(c1ccccc1)c1ccccc1. The standard InChI is InChI=1S/C26H22F3NO2/c1-24(26(27,28)29)21(22(31)18-11-5-2-6-12-18)17-30-23(24)25(32,19-13-7-3-8-14-19)20-15-9-4-10-16-20/h2-17,23,30,32H,1H3/t23-,24-/m0/s1. The van der Waals surface area contributed by atoms with Gasteiger partial charge in [-0.2, -0.15) is 13.2 Å². The number of Topliss-reactive ketones (excluding diaryl/α,β-unsaturated/α-hetero) is 1. The molecular formula is C26H22F3NO2. The molecule has 164 valence electrons. The molecule has 1 heterocycles. The highest BCUT2D eigenvalue weighted by molar-refractivity contribution is 6.10. The minimum absolute atomic E-state index is 0.152. The molecule has 6 heteroatoms. The third-order valence-electron chi connectivity index (χ3n) is 6.25. The van der Waals surface area contributed by atoms with E-state index in [1.54, 1.807) is 78.9 Å².